The molecule has 186 valence electrons. The molecule has 2 amide bonds. The van der Waals surface area contributed by atoms with Crippen molar-refractivity contribution >= 4 is 11.8 Å². The number of Topliss-reactive ketones (excluding diaryl/α,β-unsaturated/α-hetero) is 1. The maximum atomic E-state index is 14.3. The maximum absolute atomic E-state index is 14.3. The van der Waals surface area contributed by atoms with Crippen LogP contribution in [0.1, 0.15) is 28.7 Å². The van der Waals surface area contributed by atoms with Crippen molar-refractivity contribution in [3.05, 3.63) is 144 Å². The number of urea groups is 1. The van der Waals surface area contributed by atoms with Crippen LogP contribution in [0, 0.1) is 0 Å². The number of amides is 2. The summed E-state index contributed by atoms with van der Waals surface area (Å²) in [4.78, 5) is 32.0. The number of nitrogens with zero attached hydrogens (tertiary/aromatic N) is 2. The first-order chi connectivity index (χ1) is 18.2. The number of carbonyl (C=O) groups excluding carboxylic acids is 2. The summed E-state index contributed by atoms with van der Waals surface area (Å²) in [6.07, 6.45) is 1.86. The predicted molar refractivity (Wildman–Crippen MR) is 147 cm³/mol. The highest BCUT2D eigenvalue weighted by Gasteiger charge is 2.45. The molecule has 0 spiro atoms. The molecule has 5 rings (SSSR count). The third-order valence-corrected chi connectivity index (χ3v) is 7.11. The summed E-state index contributed by atoms with van der Waals surface area (Å²) in [5.41, 5.74) is 4.28. The number of ketones is 1. The third kappa shape index (κ3) is 5.97. The minimum absolute atomic E-state index is 0.0775. The van der Waals surface area contributed by atoms with Gasteiger partial charge in [-0.15, -0.1) is 0 Å². The normalized spacial score (nSPS) is 17.7. The molecule has 1 saturated heterocycles. The molecule has 0 radical (unpaired) electrons. The Kier molecular flexibility index (Phi) is 7.75. The molecular formula is C33H32N2O2. The second-order valence-electron chi connectivity index (χ2n) is 9.66. The Hall–Kier alpha value is -4.18. The lowest BCUT2D eigenvalue weighted by Gasteiger charge is -2.45. The molecule has 1 heterocycles. The molecular weight excluding hydrogens is 456 g/mol. The number of hydrogen-bond acceptors (Lipinski definition) is 2. The SMILES string of the molecule is O=C1[C@H](CCc2ccccc2)N(Cc2ccccc2)C(=O)N(Cc2ccccc2)[C@H]1Cc1ccccc1. The van der Waals surface area contributed by atoms with Crippen molar-refractivity contribution in [2.75, 3.05) is 0 Å². The Morgan fingerprint density at radius 3 is 1.38 bits per heavy atom. The van der Waals surface area contributed by atoms with E-state index in [4.69, 9.17) is 0 Å². The predicted octanol–water partition coefficient (Wildman–Crippen LogP) is 6.31. The summed E-state index contributed by atoms with van der Waals surface area (Å²) in [6.45, 7) is 0.813. The van der Waals surface area contributed by atoms with Crippen LogP contribution in [-0.4, -0.2) is 33.7 Å². The van der Waals surface area contributed by atoms with Crippen LogP contribution < -0.4 is 0 Å². The molecule has 0 bridgehead atoms. The van der Waals surface area contributed by atoms with Gasteiger partial charge < -0.3 is 9.80 Å². The van der Waals surface area contributed by atoms with Crippen LogP contribution in [0.5, 0.6) is 0 Å². The zero-order valence-electron chi connectivity index (χ0n) is 20.9. The van der Waals surface area contributed by atoms with Gasteiger partial charge in [0.1, 0.15) is 0 Å². The Morgan fingerprint density at radius 1 is 0.486 bits per heavy atom. The van der Waals surface area contributed by atoms with E-state index >= 15 is 0 Å². The van der Waals surface area contributed by atoms with Gasteiger partial charge in [0.2, 0.25) is 0 Å². The molecule has 4 aromatic rings. The van der Waals surface area contributed by atoms with Crippen molar-refractivity contribution in [2.24, 2.45) is 0 Å². The Labute approximate surface area is 219 Å². The van der Waals surface area contributed by atoms with E-state index in [-0.39, 0.29) is 11.8 Å². The fourth-order valence-corrected chi connectivity index (χ4v) is 5.17. The molecule has 37 heavy (non-hydrogen) atoms. The van der Waals surface area contributed by atoms with E-state index in [1.54, 1.807) is 9.80 Å². The topological polar surface area (TPSA) is 40.6 Å². The Morgan fingerprint density at radius 2 is 0.892 bits per heavy atom. The van der Waals surface area contributed by atoms with Crippen molar-refractivity contribution in [1.29, 1.82) is 0 Å². The van der Waals surface area contributed by atoms with E-state index in [0.717, 1.165) is 23.1 Å². The molecule has 0 aromatic heterocycles. The first kappa shape index (κ1) is 24.5. The average Bonchev–Trinajstić information content (AvgIpc) is 2.95. The molecule has 1 fully saturated rings. The van der Waals surface area contributed by atoms with Gasteiger partial charge in [0.15, 0.2) is 5.78 Å². The van der Waals surface area contributed by atoms with Gasteiger partial charge in [0.25, 0.3) is 0 Å². The van der Waals surface area contributed by atoms with Gasteiger partial charge in [-0.3, -0.25) is 4.79 Å². The first-order valence-electron chi connectivity index (χ1n) is 13.0. The molecule has 1 aliphatic rings. The molecule has 2 atom stereocenters. The lowest BCUT2D eigenvalue weighted by atomic mass is 9.89. The van der Waals surface area contributed by atoms with Gasteiger partial charge in [-0.2, -0.15) is 0 Å². The van der Waals surface area contributed by atoms with Crippen molar-refractivity contribution in [3.8, 4) is 0 Å². The number of hydrogen-bond donors (Lipinski definition) is 0. The van der Waals surface area contributed by atoms with E-state index in [0.29, 0.717) is 25.9 Å². The van der Waals surface area contributed by atoms with E-state index in [9.17, 15) is 9.59 Å². The smallest absolute Gasteiger partial charge is 0.310 e. The minimum atomic E-state index is -0.511. The van der Waals surface area contributed by atoms with Crippen LogP contribution in [0.4, 0.5) is 4.79 Å². The number of carbonyl (C=O) groups is 2. The fourth-order valence-electron chi connectivity index (χ4n) is 5.17. The van der Waals surface area contributed by atoms with Crippen LogP contribution in [0.25, 0.3) is 0 Å². The monoisotopic (exact) mass is 488 g/mol. The molecule has 0 saturated carbocycles. The quantitative estimate of drug-likeness (QED) is 0.277. The second-order valence-corrected chi connectivity index (χ2v) is 9.66. The Balaban J connectivity index is 1.49. The van der Waals surface area contributed by atoms with E-state index < -0.39 is 12.1 Å². The lowest BCUT2D eigenvalue weighted by Crippen LogP contribution is -2.64. The second kappa shape index (κ2) is 11.7. The summed E-state index contributed by atoms with van der Waals surface area (Å²) in [5, 5.41) is 0. The Bertz CT molecular complexity index is 1290. The van der Waals surface area contributed by atoms with Crippen molar-refractivity contribution in [3.63, 3.8) is 0 Å². The molecule has 0 N–H and O–H groups in total. The third-order valence-electron chi connectivity index (χ3n) is 7.11. The fraction of sp³-hybridized carbons (Fsp3) is 0.212. The molecule has 4 nitrogen and oxygen atoms in total. The molecule has 1 aliphatic heterocycles. The van der Waals surface area contributed by atoms with Crippen molar-refractivity contribution in [2.45, 2.75) is 44.4 Å². The van der Waals surface area contributed by atoms with Crippen LogP contribution in [0.3, 0.4) is 0 Å². The van der Waals surface area contributed by atoms with Gasteiger partial charge in [-0.05, 0) is 35.1 Å². The maximum Gasteiger partial charge on any atom is 0.321 e. The van der Waals surface area contributed by atoms with Gasteiger partial charge in [0.05, 0.1) is 12.1 Å². The van der Waals surface area contributed by atoms with Gasteiger partial charge in [-0.25, -0.2) is 4.79 Å². The van der Waals surface area contributed by atoms with Crippen LogP contribution in [0.15, 0.2) is 121 Å². The van der Waals surface area contributed by atoms with Gasteiger partial charge in [-0.1, -0.05) is 121 Å². The van der Waals surface area contributed by atoms with Crippen molar-refractivity contribution in [1.82, 2.24) is 9.80 Å². The molecule has 4 heteroatoms. The van der Waals surface area contributed by atoms with Crippen molar-refractivity contribution < 1.29 is 9.59 Å². The number of benzene rings is 4. The molecule has 0 unspecified atom stereocenters. The van der Waals surface area contributed by atoms with Crippen LogP contribution >= 0.6 is 0 Å². The van der Waals surface area contributed by atoms with E-state index in [2.05, 4.69) is 12.1 Å². The standard InChI is InChI=1S/C33H32N2O2/c36-32-30(22-21-26-13-5-1-6-14-26)34(24-28-17-9-3-10-18-28)33(37)35(25-29-19-11-4-12-20-29)31(32)23-27-15-7-2-8-16-27/h1-20,30-31H,21-25H2/t30-,31-/m0/s1. The van der Waals surface area contributed by atoms with E-state index in [1.807, 2.05) is 109 Å². The highest BCUT2D eigenvalue weighted by Crippen LogP contribution is 2.28. The summed E-state index contributed by atoms with van der Waals surface area (Å²) in [6, 6.07) is 39.1. The van der Waals surface area contributed by atoms with Crippen LogP contribution in [-0.2, 0) is 30.7 Å². The number of aryl methyl sites for hydroxylation is 1. The summed E-state index contributed by atoms with van der Waals surface area (Å²) in [7, 11) is 0. The molecule has 0 aliphatic carbocycles. The zero-order chi connectivity index (χ0) is 25.5. The largest absolute Gasteiger partial charge is 0.321 e. The summed E-state index contributed by atoms with van der Waals surface area (Å²) in [5.74, 6) is 0.117. The highest BCUT2D eigenvalue weighted by atomic mass is 16.2. The lowest BCUT2D eigenvalue weighted by molar-refractivity contribution is -0.132. The highest BCUT2D eigenvalue weighted by molar-refractivity contribution is 5.98. The zero-order valence-corrected chi connectivity index (χ0v) is 20.9. The van der Waals surface area contributed by atoms with Crippen LogP contribution in [0.2, 0.25) is 0 Å². The van der Waals surface area contributed by atoms with E-state index in [1.165, 1.54) is 5.56 Å². The molecule has 4 aromatic carbocycles. The first-order valence-corrected chi connectivity index (χ1v) is 13.0. The number of rotatable bonds is 9. The van der Waals surface area contributed by atoms with Gasteiger partial charge in [0, 0.05) is 19.5 Å². The summed E-state index contributed by atoms with van der Waals surface area (Å²) < 4.78 is 0. The summed E-state index contributed by atoms with van der Waals surface area (Å²) >= 11 is 0. The minimum Gasteiger partial charge on any atom is -0.310 e. The van der Waals surface area contributed by atoms with Gasteiger partial charge >= 0.3 is 6.03 Å². The average molecular weight is 489 g/mol.